The van der Waals surface area contributed by atoms with E-state index in [9.17, 15) is 0 Å². The van der Waals surface area contributed by atoms with E-state index in [1.807, 2.05) is 19.1 Å². The summed E-state index contributed by atoms with van der Waals surface area (Å²) in [6.07, 6.45) is 2.27. The van der Waals surface area contributed by atoms with Crippen LogP contribution in [0.5, 0.6) is 5.75 Å². The van der Waals surface area contributed by atoms with Gasteiger partial charge in [0.2, 0.25) is 0 Å². The van der Waals surface area contributed by atoms with Crippen molar-refractivity contribution in [1.29, 1.82) is 0 Å². The number of nitrogen functional groups attached to an aromatic ring is 1. The van der Waals surface area contributed by atoms with E-state index < -0.39 is 0 Å². The van der Waals surface area contributed by atoms with Gasteiger partial charge in [-0.05, 0) is 37.5 Å². The van der Waals surface area contributed by atoms with Gasteiger partial charge in [-0.1, -0.05) is 29.8 Å². The first-order valence-corrected chi connectivity index (χ1v) is 6.10. The fraction of sp³-hybridized carbons (Fsp3) is 0.500. The Bertz CT molecular complexity index is 311. The Labute approximate surface area is 99.9 Å². The van der Waals surface area contributed by atoms with Crippen molar-refractivity contribution in [1.82, 2.24) is 0 Å². The zero-order valence-corrected chi connectivity index (χ0v) is 11.1. The lowest BCUT2D eigenvalue weighted by molar-refractivity contribution is 0.193. The summed E-state index contributed by atoms with van der Waals surface area (Å²) in [5.41, 5.74) is 7.71. The molecule has 0 fully saturated rings. The predicted octanol–water partition coefficient (Wildman–Crippen LogP) is 3.91. The molecule has 0 saturated carbocycles. The minimum absolute atomic E-state index is 0.257. The fourth-order valence-electron chi connectivity index (χ4n) is 1.54. The molecule has 84 valence electrons. The van der Waals surface area contributed by atoms with Gasteiger partial charge in [-0.2, -0.15) is 0 Å². The largest absolute Gasteiger partial charge is 0.488 e. The zero-order chi connectivity index (χ0) is 11.4. The quantitative estimate of drug-likeness (QED) is 0.843. The lowest BCUT2D eigenvalue weighted by atomic mass is 10.1. The van der Waals surface area contributed by atoms with Crippen molar-refractivity contribution in [3.05, 3.63) is 22.2 Å². The average molecular weight is 272 g/mol. The van der Waals surface area contributed by atoms with Gasteiger partial charge in [0.15, 0.2) is 0 Å². The SMILES string of the molecule is CCC(CC)Oc1c(C)cc(Br)cc1N. The summed E-state index contributed by atoms with van der Waals surface area (Å²) in [6.45, 7) is 6.26. The molecular formula is C12H18BrNO. The molecule has 1 aromatic rings. The third-order valence-electron chi connectivity index (χ3n) is 2.46. The molecule has 0 heterocycles. The van der Waals surface area contributed by atoms with Crippen LogP contribution in [0, 0.1) is 6.92 Å². The summed E-state index contributed by atoms with van der Waals surface area (Å²) in [5.74, 6) is 0.826. The molecule has 0 saturated heterocycles. The molecular weight excluding hydrogens is 254 g/mol. The summed E-state index contributed by atoms with van der Waals surface area (Å²) in [6, 6.07) is 3.90. The first-order valence-electron chi connectivity index (χ1n) is 5.30. The van der Waals surface area contributed by atoms with Gasteiger partial charge in [-0.25, -0.2) is 0 Å². The molecule has 1 aromatic carbocycles. The van der Waals surface area contributed by atoms with Crippen molar-refractivity contribution < 1.29 is 4.74 Å². The maximum absolute atomic E-state index is 5.92. The van der Waals surface area contributed by atoms with E-state index in [1.54, 1.807) is 0 Å². The fourth-order valence-corrected chi connectivity index (χ4v) is 2.13. The lowest BCUT2D eigenvalue weighted by Crippen LogP contribution is -2.15. The van der Waals surface area contributed by atoms with Crippen molar-refractivity contribution in [3.8, 4) is 5.75 Å². The van der Waals surface area contributed by atoms with Crippen LogP contribution in [0.15, 0.2) is 16.6 Å². The number of anilines is 1. The second kappa shape index (κ2) is 5.40. The number of hydrogen-bond acceptors (Lipinski definition) is 2. The Morgan fingerprint density at radius 2 is 1.93 bits per heavy atom. The van der Waals surface area contributed by atoms with Crippen LogP contribution in [0.2, 0.25) is 0 Å². The number of aryl methyl sites for hydroxylation is 1. The molecule has 0 aliphatic carbocycles. The molecule has 0 unspecified atom stereocenters. The molecule has 15 heavy (non-hydrogen) atoms. The van der Waals surface area contributed by atoms with Gasteiger partial charge in [-0.3, -0.25) is 0 Å². The summed E-state index contributed by atoms with van der Waals surface area (Å²) in [7, 11) is 0. The van der Waals surface area contributed by atoms with Gasteiger partial charge >= 0.3 is 0 Å². The van der Waals surface area contributed by atoms with Gasteiger partial charge in [0, 0.05) is 4.47 Å². The third-order valence-corrected chi connectivity index (χ3v) is 2.92. The topological polar surface area (TPSA) is 35.2 Å². The van der Waals surface area contributed by atoms with E-state index in [4.69, 9.17) is 10.5 Å². The van der Waals surface area contributed by atoms with E-state index in [1.165, 1.54) is 0 Å². The lowest BCUT2D eigenvalue weighted by Gasteiger charge is -2.19. The molecule has 0 spiro atoms. The van der Waals surface area contributed by atoms with E-state index in [-0.39, 0.29) is 6.10 Å². The predicted molar refractivity (Wildman–Crippen MR) is 68.3 cm³/mol. The van der Waals surface area contributed by atoms with Crippen LogP contribution in [0.25, 0.3) is 0 Å². The molecule has 1 rings (SSSR count). The highest BCUT2D eigenvalue weighted by Gasteiger charge is 2.11. The minimum Gasteiger partial charge on any atom is -0.488 e. The van der Waals surface area contributed by atoms with Crippen molar-refractivity contribution in [2.75, 3.05) is 5.73 Å². The maximum Gasteiger partial charge on any atom is 0.145 e. The van der Waals surface area contributed by atoms with Gasteiger partial charge < -0.3 is 10.5 Å². The zero-order valence-electron chi connectivity index (χ0n) is 9.51. The molecule has 0 aliphatic heterocycles. The molecule has 0 amide bonds. The highest BCUT2D eigenvalue weighted by molar-refractivity contribution is 9.10. The Balaban J connectivity index is 2.94. The number of hydrogen-bond donors (Lipinski definition) is 1. The first kappa shape index (κ1) is 12.4. The van der Waals surface area contributed by atoms with E-state index in [0.717, 1.165) is 28.6 Å². The van der Waals surface area contributed by atoms with Crippen LogP contribution in [0.1, 0.15) is 32.3 Å². The van der Waals surface area contributed by atoms with E-state index in [0.29, 0.717) is 5.69 Å². The van der Waals surface area contributed by atoms with Crippen LogP contribution in [0.4, 0.5) is 5.69 Å². The van der Waals surface area contributed by atoms with Crippen LogP contribution >= 0.6 is 15.9 Å². The van der Waals surface area contributed by atoms with Crippen molar-refractivity contribution in [2.24, 2.45) is 0 Å². The minimum atomic E-state index is 0.257. The summed E-state index contributed by atoms with van der Waals surface area (Å²) in [4.78, 5) is 0. The normalized spacial score (nSPS) is 10.7. The second-order valence-corrected chi connectivity index (χ2v) is 4.61. The molecule has 2 nitrogen and oxygen atoms in total. The van der Waals surface area contributed by atoms with Crippen LogP contribution in [0.3, 0.4) is 0 Å². The van der Waals surface area contributed by atoms with Gasteiger partial charge in [0.25, 0.3) is 0 Å². The summed E-state index contributed by atoms with van der Waals surface area (Å²) < 4.78 is 6.88. The van der Waals surface area contributed by atoms with Crippen molar-refractivity contribution in [2.45, 2.75) is 39.7 Å². The number of ether oxygens (including phenoxy) is 1. The Morgan fingerprint density at radius 1 is 1.33 bits per heavy atom. The Kier molecular flexibility index (Phi) is 4.45. The average Bonchev–Trinajstić information content (AvgIpc) is 2.17. The maximum atomic E-state index is 5.92. The van der Waals surface area contributed by atoms with Gasteiger partial charge in [-0.15, -0.1) is 0 Å². The van der Waals surface area contributed by atoms with E-state index in [2.05, 4.69) is 29.8 Å². The molecule has 0 aromatic heterocycles. The van der Waals surface area contributed by atoms with Gasteiger partial charge in [0.1, 0.15) is 5.75 Å². The Hall–Kier alpha value is -0.700. The van der Waals surface area contributed by atoms with Crippen LogP contribution in [-0.4, -0.2) is 6.10 Å². The molecule has 0 bridgehead atoms. The molecule has 0 aliphatic rings. The highest BCUT2D eigenvalue weighted by Crippen LogP contribution is 2.31. The second-order valence-electron chi connectivity index (χ2n) is 3.70. The van der Waals surface area contributed by atoms with Crippen LogP contribution < -0.4 is 10.5 Å². The highest BCUT2D eigenvalue weighted by atomic mass is 79.9. The van der Waals surface area contributed by atoms with Crippen LogP contribution in [-0.2, 0) is 0 Å². The molecule has 3 heteroatoms. The number of nitrogens with two attached hydrogens (primary N) is 1. The molecule has 0 atom stereocenters. The van der Waals surface area contributed by atoms with Gasteiger partial charge in [0.05, 0.1) is 11.8 Å². The smallest absolute Gasteiger partial charge is 0.145 e. The standard InChI is InChI=1S/C12H18BrNO/c1-4-10(5-2)15-12-8(3)6-9(13)7-11(12)14/h6-7,10H,4-5,14H2,1-3H3. The number of benzene rings is 1. The van der Waals surface area contributed by atoms with Crippen molar-refractivity contribution in [3.63, 3.8) is 0 Å². The molecule has 2 N–H and O–H groups in total. The first-order chi connectivity index (χ1) is 7.08. The monoisotopic (exact) mass is 271 g/mol. The Morgan fingerprint density at radius 3 is 2.40 bits per heavy atom. The summed E-state index contributed by atoms with van der Waals surface area (Å²) in [5, 5.41) is 0. The number of halogens is 1. The summed E-state index contributed by atoms with van der Waals surface area (Å²) >= 11 is 3.41. The molecule has 0 radical (unpaired) electrons. The number of rotatable bonds is 4. The third kappa shape index (κ3) is 3.13. The van der Waals surface area contributed by atoms with E-state index >= 15 is 0 Å². The van der Waals surface area contributed by atoms with Crippen molar-refractivity contribution >= 4 is 21.6 Å².